The molecule has 2 amide bonds. The van der Waals surface area contributed by atoms with Crippen LogP contribution in [0.2, 0.25) is 0 Å². The van der Waals surface area contributed by atoms with Gasteiger partial charge in [-0.2, -0.15) is 0 Å². The Balaban J connectivity index is 2.30. The molecule has 1 aromatic rings. The van der Waals surface area contributed by atoms with Gasteiger partial charge in [0.05, 0.1) is 5.56 Å². The minimum absolute atomic E-state index is 0.0339. The predicted molar refractivity (Wildman–Crippen MR) is 70.3 cm³/mol. The van der Waals surface area contributed by atoms with Crippen LogP contribution in [0.5, 0.6) is 0 Å². The molecule has 7 heteroatoms. The standard InChI is InChI=1S/C12H8N2O4S/c15-9-8(10(16)14-12(19)13-9)5-6-1-3-7(4-2-6)11(17)18/h1-5H,(H,17,18)(H2,13,14,15,16,19). The van der Waals surface area contributed by atoms with Gasteiger partial charge in [-0.1, -0.05) is 12.1 Å². The summed E-state index contributed by atoms with van der Waals surface area (Å²) in [6.07, 6.45) is 1.36. The summed E-state index contributed by atoms with van der Waals surface area (Å²) in [5.41, 5.74) is 0.579. The first-order chi connectivity index (χ1) is 8.97. The molecule has 96 valence electrons. The van der Waals surface area contributed by atoms with E-state index >= 15 is 0 Å². The highest BCUT2D eigenvalue weighted by Crippen LogP contribution is 2.11. The van der Waals surface area contributed by atoms with Crippen molar-refractivity contribution in [2.24, 2.45) is 0 Å². The molecule has 0 aromatic heterocycles. The van der Waals surface area contributed by atoms with E-state index in [0.29, 0.717) is 5.56 Å². The monoisotopic (exact) mass is 276 g/mol. The number of benzene rings is 1. The summed E-state index contributed by atoms with van der Waals surface area (Å²) < 4.78 is 0. The average molecular weight is 276 g/mol. The molecule has 2 rings (SSSR count). The first kappa shape index (κ1) is 12.9. The van der Waals surface area contributed by atoms with E-state index in [0.717, 1.165) is 0 Å². The normalized spacial score (nSPS) is 14.7. The number of nitrogens with one attached hydrogen (secondary N) is 2. The Hall–Kier alpha value is -2.54. The van der Waals surface area contributed by atoms with Crippen molar-refractivity contribution in [1.82, 2.24) is 10.6 Å². The number of carbonyl (C=O) groups excluding carboxylic acids is 2. The van der Waals surface area contributed by atoms with Gasteiger partial charge in [0, 0.05) is 0 Å². The Morgan fingerprint density at radius 2 is 1.63 bits per heavy atom. The van der Waals surface area contributed by atoms with Crippen LogP contribution in [0, 0.1) is 0 Å². The molecule has 0 atom stereocenters. The van der Waals surface area contributed by atoms with Crippen molar-refractivity contribution in [3.8, 4) is 0 Å². The molecule has 0 aliphatic carbocycles. The molecule has 0 unspecified atom stereocenters. The third kappa shape index (κ3) is 2.83. The van der Waals surface area contributed by atoms with Crippen LogP contribution in [0.3, 0.4) is 0 Å². The van der Waals surface area contributed by atoms with Crippen molar-refractivity contribution in [3.05, 3.63) is 41.0 Å². The lowest BCUT2D eigenvalue weighted by Gasteiger charge is -2.16. The van der Waals surface area contributed by atoms with Gasteiger partial charge in [-0.25, -0.2) is 4.79 Å². The minimum Gasteiger partial charge on any atom is -0.478 e. The first-order valence-electron chi connectivity index (χ1n) is 5.19. The van der Waals surface area contributed by atoms with Crippen molar-refractivity contribution in [2.45, 2.75) is 0 Å². The van der Waals surface area contributed by atoms with Crippen molar-refractivity contribution in [3.63, 3.8) is 0 Å². The third-order valence-electron chi connectivity index (χ3n) is 2.41. The van der Waals surface area contributed by atoms with Gasteiger partial charge in [0.15, 0.2) is 5.11 Å². The van der Waals surface area contributed by atoms with Gasteiger partial charge in [-0.3, -0.25) is 20.2 Å². The summed E-state index contributed by atoms with van der Waals surface area (Å²) in [4.78, 5) is 33.8. The fourth-order valence-electron chi connectivity index (χ4n) is 1.49. The maximum absolute atomic E-state index is 11.6. The summed E-state index contributed by atoms with van der Waals surface area (Å²) >= 11 is 4.67. The Morgan fingerprint density at radius 3 is 2.11 bits per heavy atom. The highest BCUT2D eigenvalue weighted by molar-refractivity contribution is 7.80. The lowest BCUT2D eigenvalue weighted by atomic mass is 10.1. The van der Waals surface area contributed by atoms with Gasteiger partial charge in [-0.15, -0.1) is 0 Å². The molecular weight excluding hydrogens is 268 g/mol. The molecule has 6 nitrogen and oxygen atoms in total. The van der Waals surface area contributed by atoms with E-state index in [4.69, 9.17) is 5.11 Å². The molecule has 1 heterocycles. The zero-order valence-corrected chi connectivity index (χ0v) is 10.3. The van der Waals surface area contributed by atoms with E-state index in [2.05, 4.69) is 22.9 Å². The number of amides is 2. The van der Waals surface area contributed by atoms with Crippen LogP contribution >= 0.6 is 12.2 Å². The molecule has 3 N–H and O–H groups in total. The predicted octanol–water partition coefficient (Wildman–Crippen LogP) is 0.299. The topological polar surface area (TPSA) is 95.5 Å². The third-order valence-corrected chi connectivity index (χ3v) is 2.62. The van der Waals surface area contributed by atoms with E-state index in [-0.39, 0.29) is 16.2 Å². The number of carboxylic acid groups (broad SMARTS) is 1. The maximum atomic E-state index is 11.6. The van der Waals surface area contributed by atoms with E-state index in [1.54, 1.807) is 0 Å². The van der Waals surface area contributed by atoms with Crippen LogP contribution in [0.25, 0.3) is 6.08 Å². The van der Waals surface area contributed by atoms with Crippen LogP contribution in [0.4, 0.5) is 0 Å². The van der Waals surface area contributed by atoms with Crippen LogP contribution < -0.4 is 10.6 Å². The van der Waals surface area contributed by atoms with Crippen molar-refractivity contribution < 1.29 is 19.5 Å². The number of hydrogen-bond donors (Lipinski definition) is 3. The average Bonchev–Trinajstić information content (AvgIpc) is 2.34. The molecule has 1 fully saturated rings. The number of thiocarbonyl (C=S) groups is 1. The van der Waals surface area contributed by atoms with Gasteiger partial charge < -0.3 is 5.11 Å². The molecule has 1 aliphatic heterocycles. The van der Waals surface area contributed by atoms with E-state index in [1.807, 2.05) is 0 Å². The van der Waals surface area contributed by atoms with E-state index in [1.165, 1.54) is 30.3 Å². The van der Waals surface area contributed by atoms with Gasteiger partial charge in [0.25, 0.3) is 11.8 Å². The molecule has 0 saturated carbocycles. The largest absolute Gasteiger partial charge is 0.478 e. The fourth-order valence-corrected chi connectivity index (χ4v) is 1.68. The van der Waals surface area contributed by atoms with Crippen molar-refractivity contribution >= 4 is 41.2 Å². The molecule has 0 bridgehead atoms. The summed E-state index contributed by atoms with van der Waals surface area (Å²) in [6, 6.07) is 5.78. The lowest BCUT2D eigenvalue weighted by molar-refractivity contribution is -0.123. The second-order valence-corrected chi connectivity index (χ2v) is 4.13. The van der Waals surface area contributed by atoms with Crippen molar-refractivity contribution in [2.75, 3.05) is 0 Å². The van der Waals surface area contributed by atoms with Gasteiger partial charge in [0.2, 0.25) is 0 Å². The number of carboxylic acids is 1. The van der Waals surface area contributed by atoms with Crippen LogP contribution in [-0.2, 0) is 9.59 Å². The highest BCUT2D eigenvalue weighted by Gasteiger charge is 2.25. The zero-order chi connectivity index (χ0) is 14.0. The number of aromatic carboxylic acids is 1. The molecule has 0 radical (unpaired) electrons. The lowest BCUT2D eigenvalue weighted by Crippen LogP contribution is -2.51. The summed E-state index contributed by atoms with van der Waals surface area (Å²) in [5.74, 6) is -2.22. The van der Waals surface area contributed by atoms with Crippen molar-refractivity contribution in [1.29, 1.82) is 0 Å². The molecule has 1 aromatic carbocycles. The molecule has 1 saturated heterocycles. The van der Waals surface area contributed by atoms with Crippen LogP contribution in [0.1, 0.15) is 15.9 Å². The molecule has 1 aliphatic rings. The number of hydrogen-bond acceptors (Lipinski definition) is 4. The van der Waals surface area contributed by atoms with Gasteiger partial charge in [-0.05, 0) is 36.0 Å². The Morgan fingerprint density at radius 1 is 1.11 bits per heavy atom. The minimum atomic E-state index is -1.04. The molecule has 19 heavy (non-hydrogen) atoms. The fraction of sp³-hybridized carbons (Fsp3) is 0. The van der Waals surface area contributed by atoms with Crippen LogP contribution in [-0.4, -0.2) is 28.0 Å². The first-order valence-corrected chi connectivity index (χ1v) is 5.60. The summed E-state index contributed by atoms with van der Waals surface area (Å²) in [6.45, 7) is 0. The van der Waals surface area contributed by atoms with E-state index < -0.39 is 17.8 Å². The number of carbonyl (C=O) groups is 3. The molecular formula is C12H8N2O4S. The smallest absolute Gasteiger partial charge is 0.335 e. The summed E-state index contributed by atoms with van der Waals surface area (Å²) in [5, 5.41) is 13.3. The molecule has 0 spiro atoms. The Bertz CT molecular complexity index is 597. The highest BCUT2D eigenvalue weighted by atomic mass is 32.1. The Labute approximate surface area is 113 Å². The van der Waals surface area contributed by atoms with Gasteiger partial charge in [0.1, 0.15) is 5.57 Å². The second kappa shape index (κ2) is 4.99. The van der Waals surface area contributed by atoms with Gasteiger partial charge >= 0.3 is 5.97 Å². The maximum Gasteiger partial charge on any atom is 0.335 e. The second-order valence-electron chi connectivity index (χ2n) is 3.72. The quantitative estimate of drug-likeness (QED) is 0.410. The number of rotatable bonds is 2. The summed E-state index contributed by atoms with van der Waals surface area (Å²) in [7, 11) is 0. The Kier molecular flexibility index (Phi) is 3.39. The SMILES string of the molecule is O=C1NC(=S)NC(=O)C1=Cc1ccc(C(=O)O)cc1. The van der Waals surface area contributed by atoms with Crippen LogP contribution in [0.15, 0.2) is 29.8 Å². The van der Waals surface area contributed by atoms with E-state index in [9.17, 15) is 14.4 Å². The zero-order valence-electron chi connectivity index (χ0n) is 9.47.